The van der Waals surface area contributed by atoms with Gasteiger partial charge < -0.3 is 15.5 Å². The number of piperazine rings is 1. The smallest absolute Gasteiger partial charge is 0.353 e. The number of benzene rings is 1. The molecule has 192 valence electrons. The summed E-state index contributed by atoms with van der Waals surface area (Å²) < 4.78 is 40.5. The molecule has 1 saturated heterocycles. The summed E-state index contributed by atoms with van der Waals surface area (Å²) in [6, 6.07) is 11.8. The van der Waals surface area contributed by atoms with Crippen molar-refractivity contribution in [3.63, 3.8) is 0 Å². The second-order valence-electron chi connectivity index (χ2n) is 8.94. The first-order chi connectivity index (χ1) is 17.3. The number of nitrogens with two attached hydrogens (primary N) is 1. The molecule has 3 aromatic rings. The average Bonchev–Trinajstić information content (AvgIpc) is 2.88. The largest absolute Gasteiger partial charge is 0.419 e. The van der Waals surface area contributed by atoms with E-state index in [-0.39, 0.29) is 5.82 Å². The van der Waals surface area contributed by atoms with Gasteiger partial charge in [0.2, 0.25) is 0 Å². The molecule has 1 aromatic carbocycles. The molecule has 0 amide bonds. The molecule has 1 aliphatic rings. The van der Waals surface area contributed by atoms with Crippen LogP contribution in [0, 0.1) is 5.92 Å². The monoisotopic (exact) mass is 518 g/mol. The summed E-state index contributed by atoms with van der Waals surface area (Å²) in [4.78, 5) is 17.5. The molecular formula is C26H30ClF3N6. The van der Waals surface area contributed by atoms with Gasteiger partial charge in [-0.3, -0.25) is 0 Å². The van der Waals surface area contributed by atoms with Crippen molar-refractivity contribution in [3.05, 3.63) is 65.1 Å². The van der Waals surface area contributed by atoms with Crippen LogP contribution in [0.5, 0.6) is 0 Å². The zero-order valence-corrected chi connectivity index (χ0v) is 20.9. The van der Waals surface area contributed by atoms with E-state index < -0.39 is 11.7 Å². The molecular weight excluding hydrogens is 489 g/mol. The summed E-state index contributed by atoms with van der Waals surface area (Å²) in [7, 11) is 0. The van der Waals surface area contributed by atoms with E-state index in [4.69, 9.17) is 27.3 Å². The SMILES string of the molecule is CCC(CCN)Cc1nc(-c2cccc(Cl)c2)cc(N2CCN(c3ncccc3C(F)(F)F)CC2)n1. The van der Waals surface area contributed by atoms with Gasteiger partial charge in [0.05, 0.1) is 11.3 Å². The third kappa shape index (κ3) is 6.25. The zero-order chi connectivity index (χ0) is 25.7. The first kappa shape index (κ1) is 26.2. The maximum atomic E-state index is 13.5. The second kappa shape index (κ2) is 11.4. The Labute approximate surface area is 214 Å². The summed E-state index contributed by atoms with van der Waals surface area (Å²) in [6.07, 6.45) is -0.482. The molecule has 3 heterocycles. The Hall–Kier alpha value is -2.91. The quantitative estimate of drug-likeness (QED) is 0.427. The molecule has 2 aromatic heterocycles. The lowest BCUT2D eigenvalue weighted by atomic mass is 9.98. The third-order valence-corrected chi connectivity index (χ3v) is 6.73. The lowest BCUT2D eigenvalue weighted by molar-refractivity contribution is -0.137. The fraction of sp³-hybridized carbons (Fsp3) is 0.423. The van der Waals surface area contributed by atoms with Gasteiger partial charge in [0.1, 0.15) is 17.5 Å². The van der Waals surface area contributed by atoms with Gasteiger partial charge in [0.25, 0.3) is 0 Å². The van der Waals surface area contributed by atoms with E-state index in [1.807, 2.05) is 30.3 Å². The number of aromatic nitrogens is 3. The Bertz CT molecular complexity index is 1160. The van der Waals surface area contributed by atoms with E-state index in [2.05, 4.69) is 16.8 Å². The minimum atomic E-state index is -4.45. The van der Waals surface area contributed by atoms with Crippen molar-refractivity contribution in [1.82, 2.24) is 15.0 Å². The predicted octanol–water partition coefficient (Wildman–Crippen LogP) is 5.45. The molecule has 36 heavy (non-hydrogen) atoms. The number of hydrogen-bond donors (Lipinski definition) is 1. The molecule has 4 rings (SSSR count). The molecule has 0 spiro atoms. The average molecular weight is 519 g/mol. The molecule has 2 N–H and O–H groups in total. The van der Waals surface area contributed by atoms with Crippen LogP contribution < -0.4 is 15.5 Å². The van der Waals surface area contributed by atoms with Crippen molar-refractivity contribution >= 4 is 23.2 Å². The Balaban J connectivity index is 1.60. The van der Waals surface area contributed by atoms with Crippen molar-refractivity contribution in [2.45, 2.75) is 32.4 Å². The van der Waals surface area contributed by atoms with Crippen LogP contribution in [0.25, 0.3) is 11.3 Å². The number of hydrogen-bond acceptors (Lipinski definition) is 6. The molecule has 1 aliphatic heterocycles. The van der Waals surface area contributed by atoms with Crippen LogP contribution >= 0.6 is 11.6 Å². The van der Waals surface area contributed by atoms with Gasteiger partial charge in [-0.2, -0.15) is 13.2 Å². The normalized spacial score (nSPS) is 15.3. The van der Waals surface area contributed by atoms with Gasteiger partial charge in [-0.15, -0.1) is 0 Å². The topological polar surface area (TPSA) is 71.2 Å². The van der Waals surface area contributed by atoms with Crippen molar-refractivity contribution < 1.29 is 13.2 Å². The highest BCUT2D eigenvalue weighted by molar-refractivity contribution is 6.30. The van der Waals surface area contributed by atoms with Crippen molar-refractivity contribution in [3.8, 4) is 11.3 Å². The Morgan fingerprint density at radius 3 is 2.44 bits per heavy atom. The van der Waals surface area contributed by atoms with Crippen molar-refractivity contribution in [2.24, 2.45) is 11.7 Å². The molecule has 10 heteroatoms. The maximum absolute atomic E-state index is 13.5. The van der Waals surface area contributed by atoms with E-state index in [1.54, 1.807) is 4.90 Å². The third-order valence-electron chi connectivity index (χ3n) is 6.50. The fourth-order valence-electron chi connectivity index (χ4n) is 4.49. The lowest BCUT2D eigenvalue weighted by Gasteiger charge is -2.37. The number of nitrogens with zero attached hydrogens (tertiary/aromatic N) is 5. The summed E-state index contributed by atoms with van der Waals surface area (Å²) in [6.45, 7) is 4.56. The molecule has 1 fully saturated rings. The maximum Gasteiger partial charge on any atom is 0.419 e. The van der Waals surface area contributed by atoms with Gasteiger partial charge in [-0.25, -0.2) is 15.0 Å². The Morgan fingerprint density at radius 1 is 1.03 bits per heavy atom. The van der Waals surface area contributed by atoms with Crippen LogP contribution in [0.2, 0.25) is 5.02 Å². The number of alkyl halides is 3. The van der Waals surface area contributed by atoms with Crippen LogP contribution in [0.4, 0.5) is 24.8 Å². The highest BCUT2D eigenvalue weighted by Gasteiger charge is 2.36. The first-order valence-electron chi connectivity index (χ1n) is 12.1. The number of halogens is 4. The highest BCUT2D eigenvalue weighted by Crippen LogP contribution is 2.35. The van der Waals surface area contributed by atoms with Crippen LogP contribution in [0.3, 0.4) is 0 Å². The fourth-order valence-corrected chi connectivity index (χ4v) is 4.68. The van der Waals surface area contributed by atoms with Crippen LogP contribution in [-0.2, 0) is 12.6 Å². The van der Waals surface area contributed by atoms with Crippen LogP contribution in [-0.4, -0.2) is 47.7 Å². The molecule has 0 aliphatic carbocycles. The number of pyridine rings is 1. The van der Waals surface area contributed by atoms with Crippen molar-refractivity contribution in [1.29, 1.82) is 0 Å². The number of rotatable bonds is 8. The standard InChI is InChI=1S/C26H30ClF3N6/c1-2-18(8-9-31)15-23-33-22(19-5-3-6-20(27)16-19)17-24(34-23)35-11-13-36(14-12-35)25-21(26(28,29)30)7-4-10-32-25/h3-7,10,16-18H,2,8-9,11-15,31H2,1H3. The van der Waals surface area contributed by atoms with Crippen molar-refractivity contribution in [2.75, 3.05) is 42.5 Å². The van der Waals surface area contributed by atoms with Gasteiger partial charge in [0, 0.05) is 55.4 Å². The Morgan fingerprint density at radius 2 is 1.78 bits per heavy atom. The summed E-state index contributed by atoms with van der Waals surface area (Å²) in [5.41, 5.74) is 6.75. The second-order valence-corrected chi connectivity index (χ2v) is 9.38. The van der Waals surface area contributed by atoms with E-state index in [1.165, 1.54) is 12.3 Å². The lowest BCUT2D eigenvalue weighted by Crippen LogP contribution is -2.47. The molecule has 1 atom stereocenters. The summed E-state index contributed by atoms with van der Waals surface area (Å²) in [5.74, 6) is 1.84. The van der Waals surface area contributed by atoms with Gasteiger partial charge in [-0.05, 0) is 43.1 Å². The molecule has 0 bridgehead atoms. The van der Waals surface area contributed by atoms with E-state index in [0.717, 1.165) is 41.8 Å². The summed E-state index contributed by atoms with van der Waals surface area (Å²) >= 11 is 6.23. The highest BCUT2D eigenvalue weighted by atomic mass is 35.5. The minimum absolute atomic E-state index is 0.0276. The van der Waals surface area contributed by atoms with E-state index in [0.29, 0.717) is 50.1 Å². The number of anilines is 2. The minimum Gasteiger partial charge on any atom is -0.353 e. The molecule has 0 radical (unpaired) electrons. The van der Waals surface area contributed by atoms with Gasteiger partial charge >= 0.3 is 6.18 Å². The predicted molar refractivity (Wildman–Crippen MR) is 137 cm³/mol. The molecule has 1 unspecified atom stereocenters. The van der Waals surface area contributed by atoms with Crippen LogP contribution in [0.15, 0.2) is 48.7 Å². The first-order valence-corrected chi connectivity index (χ1v) is 12.5. The van der Waals surface area contributed by atoms with E-state index in [9.17, 15) is 13.2 Å². The van der Waals surface area contributed by atoms with E-state index >= 15 is 0 Å². The molecule has 6 nitrogen and oxygen atoms in total. The summed E-state index contributed by atoms with van der Waals surface area (Å²) in [5, 5.41) is 0.619. The van der Waals surface area contributed by atoms with Gasteiger partial charge in [-0.1, -0.05) is 37.1 Å². The molecule has 0 saturated carbocycles. The van der Waals surface area contributed by atoms with Crippen LogP contribution in [0.1, 0.15) is 31.2 Å². The zero-order valence-electron chi connectivity index (χ0n) is 20.2. The Kier molecular flexibility index (Phi) is 8.31. The van der Waals surface area contributed by atoms with Gasteiger partial charge in [0.15, 0.2) is 0 Å².